The first-order chi connectivity index (χ1) is 6.22. The third-order valence-corrected chi connectivity index (χ3v) is 2.92. The summed E-state index contributed by atoms with van der Waals surface area (Å²) in [5, 5.41) is 2.88. The van der Waals surface area contributed by atoms with Gasteiger partial charge in [-0.2, -0.15) is 0 Å². The Hall–Kier alpha value is -1.38. The Bertz CT molecular complexity index is 407. The van der Waals surface area contributed by atoms with E-state index in [0.717, 1.165) is 29.9 Å². The fourth-order valence-corrected chi connectivity index (χ4v) is 1.96. The van der Waals surface area contributed by atoms with Crippen LogP contribution in [0.1, 0.15) is 24.2 Å². The molecule has 3 rings (SSSR count). The molecule has 1 amide bonds. The fraction of sp³-hybridized carbons (Fsp3) is 0.400. The summed E-state index contributed by atoms with van der Waals surface area (Å²) in [6, 6.07) is 3.88. The van der Waals surface area contributed by atoms with E-state index < -0.39 is 0 Å². The van der Waals surface area contributed by atoms with E-state index in [0.29, 0.717) is 0 Å². The van der Waals surface area contributed by atoms with Crippen LogP contribution < -0.4 is 5.32 Å². The number of nitrogens with one attached hydrogen (secondary N) is 1. The lowest BCUT2D eigenvalue weighted by atomic mass is 10.0. The zero-order valence-corrected chi connectivity index (χ0v) is 7.42. The van der Waals surface area contributed by atoms with Crippen LogP contribution >= 0.6 is 0 Å². The summed E-state index contributed by atoms with van der Waals surface area (Å²) >= 11 is 0. The summed E-state index contributed by atoms with van der Waals surface area (Å²) in [6.07, 6.45) is 1.92. The zero-order valence-electron chi connectivity index (χ0n) is 7.42. The third-order valence-electron chi connectivity index (χ3n) is 2.92. The number of aromatic nitrogens is 1. The van der Waals surface area contributed by atoms with E-state index in [1.54, 1.807) is 0 Å². The van der Waals surface area contributed by atoms with Gasteiger partial charge in [-0.05, 0) is 31.9 Å². The maximum atomic E-state index is 11.6. The monoisotopic (exact) mass is 174 g/mol. The molecule has 0 atom stereocenters. The van der Waals surface area contributed by atoms with Gasteiger partial charge in [0.25, 0.3) is 0 Å². The Labute approximate surface area is 76.2 Å². The molecule has 1 spiro atoms. The second kappa shape index (κ2) is 1.92. The molecular weight excluding hydrogens is 164 g/mol. The van der Waals surface area contributed by atoms with Crippen molar-refractivity contribution in [3.8, 4) is 0 Å². The van der Waals surface area contributed by atoms with Crippen LogP contribution in [0.15, 0.2) is 12.1 Å². The molecule has 0 aromatic carbocycles. The van der Waals surface area contributed by atoms with Crippen molar-refractivity contribution in [1.82, 2.24) is 4.98 Å². The van der Waals surface area contributed by atoms with Crippen LogP contribution in [0, 0.1) is 6.92 Å². The number of hydrogen-bond acceptors (Lipinski definition) is 2. The summed E-state index contributed by atoms with van der Waals surface area (Å²) in [6.45, 7) is 1.96. The number of anilines is 1. The van der Waals surface area contributed by atoms with Crippen LogP contribution in [-0.2, 0) is 10.2 Å². The van der Waals surface area contributed by atoms with E-state index in [-0.39, 0.29) is 11.3 Å². The fourth-order valence-electron chi connectivity index (χ4n) is 1.96. The van der Waals surface area contributed by atoms with Gasteiger partial charge in [0.05, 0.1) is 16.8 Å². The highest BCUT2D eigenvalue weighted by atomic mass is 16.2. The quantitative estimate of drug-likeness (QED) is 0.645. The van der Waals surface area contributed by atoms with Gasteiger partial charge in [0.15, 0.2) is 0 Å². The van der Waals surface area contributed by atoms with Crippen molar-refractivity contribution >= 4 is 11.6 Å². The molecule has 1 aromatic heterocycles. The topological polar surface area (TPSA) is 42.0 Å². The van der Waals surface area contributed by atoms with Gasteiger partial charge in [-0.3, -0.25) is 9.78 Å². The normalized spacial score (nSPS) is 21.5. The third kappa shape index (κ3) is 0.742. The Morgan fingerprint density at radius 1 is 1.46 bits per heavy atom. The zero-order chi connectivity index (χ0) is 9.05. The lowest BCUT2D eigenvalue weighted by molar-refractivity contribution is -0.117. The molecule has 3 nitrogen and oxygen atoms in total. The van der Waals surface area contributed by atoms with Gasteiger partial charge in [-0.1, -0.05) is 0 Å². The average Bonchev–Trinajstić information content (AvgIpc) is 2.83. The predicted octanol–water partition coefficient (Wildman–Crippen LogP) is 1.37. The maximum Gasteiger partial charge on any atom is 0.236 e. The molecule has 1 fully saturated rings. The van der Waals surface area contributed by atoms with Crippen molar-refractivity contribution in [2.75, 3.05) is 5.32 Å². The summed E-state index contributed by atoms with van der Waals surface area (Å²) in [4.78, 5) is 16.0. The van der Waals surface area contributed by atoms with E-state index in [2.05, 4.69) is 10.3 Å². The largest absolute Gasteiger partial charge is 0.324 e. The number of pyridine rings is 1. The molecule has 1 aromatic rings. The van der Waals surface area contributed by atoms with Crippen LogP contribution in [0.2, 0.25) is 0 Å². The second-order valence-electron chi connectivity index (χ2n) is 3.89. The number of fused-ring (bicyclic) bond motifs is 2. The first kappa shape index (κ1) is 7.06. The van der Waals surface area contributed by atoms with Crippen molar-refractivity contribution < 1.29 is 4.79 Å². The van der Waals surface area contributed by atoms with E-state index in [9.17, 15) is 4.79 Å². The molecule has 1 N–H and O–H groups in total. The van der Waals surface area contributed by atoms with Crippen LogP contribution in [0.4, 0.5) is 5.69 Å². The molecule has 0 bridgehead atoms. The molecule has 13 heavy (non-hydrogen) atoms. The van der Waals surface area contributed by atoms with E-state index in [1.165, 1.54) is 0 Å². The molecule has 0 radical (unpaired) electrons. The standard InChI is InChI=1S/C10H10N2O/c1-6-2-3-7-8(11-6)10(4-5-10)9(13)12-7/h2-3H,4-5H2,1H3,(H,12,13). The number of aryl methyl sites for hydroxylation is 1. The molecule has 66 valence electrons. The Morgan fingerprint density at radius 2 is 2.23 bits per heavy atom. The minimum Gasteiger partial charge on any atom is -0.324 e. The van der Waals surface area contributed by atoms with Gasteiger partial charge < -0.3 is 5.32 Å². The van der Waals surface area contributed by atoms with Crippen LogP contribution in [0.3, 0.4) is 0 Å². The molecule has 1 aliphatic carbocycles. The number of hydrogen-bond donors (Lipinski definition) is 1. The molecule has 3 heteroatoms. The Kier molecular flexibility index (Phi) is 1.04. The number of carbonyl (C=O) groups is 1. The summed E-state index contributed by atoms with van der Waals surface area (Å²) in [5.74, 6) is 0.139. The Morgan fingerprint density at radius 3 is 2.92 bits per heavy atom. The maximum absolute atomic E-state index is 11.6. The highest BCUT2D eigenvalue weighted by molar-refractivity contribution is 6.07. The van der Waals surface area contributed by atoms with Crippen LogP contribution in [0.5, 0.6) is 0 Å². The predicted molar refractivity (Wildman–Crippen MR) is 48.5 cm³/mol. The van der Waals surface area contributed by atoms with E-state index >= 15 is 0 Å². The minimum atomic E-state index is -0.235. The van der Waals surface area contributed by atoms with Gasteiger partial charge in [-0.15, -0.1) is 0 Å². The molecule has 0 unspecified atom stereocenters. The first-order valence-corrected chi connectivity index (χ1v) is 4.52. The number of nitrogens with zero attached hydrogens (tertiary/aromatic N) is 1. The highest BCUT2D eigenvalue weighted by Crippen LogP contribution is 2.54. The lowest BCUT2D eigenvalue weighted by Crippen LogP contribution is -2.19. The van der Waals surface area contributed by atoms with Crippen LogP contribution in [-0.4, -0.2) is 10.9 Å². The highest BCUT2D eigenvalue weighted by Gasteiger charge is 2.57. The van der Waals surface area contributed by atoms with Crippen LogP contribution in [0.25, 0.3) is 0 Å². The van der Waals surface area contributed by atoms with Crippen molar-refractivity contribution in [2.24, 2.45) is 0 Å². The van der Waals surface area contributed by atoms with Crippen molar-refractivity contribution in [1.29, 1.82) is 0 Å². The van der Waals surface area contributed by atoms with Crippen molar-refractivity contribution in [2.45, 2.75) is 25.2 Å². The molecule has 1 aliphatic heterocycles. The van der Waals surface area contributed by atoms with Gasteiger partial charge in [-0.25, -0.2) is 0 Å². The molecule has 0 saturated heterocycles. The molecule has 1 saturated carbocycles. The number of carbonyl (C=O) groups excluding carboxylic acids is 1. The van der Waals surface area contributed by atoms with Crippen molar-refractivity contribution in [3.05, 3.63) is 23.5 Å². The Balaban J connectivity index is 2.24. The number of amides is 1. The summed E-state index contributed by atoms with van der Waals surface area (Å²) in [5.41, 5.74) is 2.63. The smallest absolute Gasteiger partial charge is 0.236 e. The van der Waals surface area contributed by atoms with E-state index in [4.69, 9.17) is 0 Å². The minimum absolute atomic E-state index is 0.139. The van der Waals surface area contributed by atoms with Gasteiger partial charge in [0, 0.05) is 5.69 Å². The number of rotatable bonds is 0. The summed E-state index contributed by atoms with van der Waals surface area (Å²) in [7, 11) is 0. The average molecular weight is 174 g/mol. The lowest BCUT2D eigenvalue weighted by Gasteiger charge is -2.02. The van der Waals surface area contributed by atoms with Crippen molar-refractivity contribution in [3.63, 3.8) is 0 Å². The van der Waals surface area contributed by atoms with Gasteiger partial charge in [0.1, 0.15) is 0 Å². The first-order valence-electron chi connectivity index (χ1n) is 4.52. The van der Waals surface area contributed by atoms with Gasteiger partial charge >= 0.3 is 0 Å². The van der Waals surface area contributed by atoms with E-state index in [1.807, 2.05) is 19.1 Å². The SMILES string of the molecule is Cc1ccc2c(n1)C1(CC1)C(=O)N2. The molecular formula is C10H10N2O. The van der Waals surface area contributed by atoms with Gasteiger partial charge in [0.2, 0.25) is 5.91 Å². The molecule has 2 aliphatic rings. The summed E-state index contributed by atoms with van der Waals surface area (Å²) < 4.78 is 0. The second-order valence-corrected chi connectivity index (χ2v) is 3.89. The molecule has 2 heterocycles.